The molecule has 2 aromatic carbocycles. The van der Waals surface area contributed by atoms with Crippen molar-refractivity contribution in [2.45, 2.75) is 70.8 Å². The minimum Gasteiger partial charge on any atom is -0.445 e. The number of amides is 4. The lowest BCUT2D eigenvalue weighted by atomic mass is 9.87. The third-order valence-electron chi connectivity index (χ3n) is 8.17. The van der Waals surface area contributed by atoms with Crippen LogP contribution >= 0.6 is 0 Å². The minimum atomic E-state index is -0.940. The summed E-state index contributed by atoms with van der Waals surface area (Å²) in [6.07, 6.45) is 2.15. The van der Waals surface area contributed by atoms with Crippen molar-refractivity contribution in [2.24, 2.45) is 5.92 Å². The lowest BCUT2D eigenvalue weighted by molar-refractivity contribution is -0.147. The molecule has 226 valence electrons. The molecule has 3 N–H and O–H groups in total. The Bertz CT molecular complexity index is 1250. The summed E-state index contributed by atoms with van der Waals surface area (Å²) in [5, 5.41) is 8.93. The second-order valence-electron chi connectivity index (χ2n) is 11.4. The Hall–Kier alpha value is -3.92. The molecular formula is C32H43N5O5. The summed E-state index contributed by atoms with van der Waals surface area (Å²) in [5.74, 6) is -1.19. The normalized spacial score (nSPS) is 19.8. The first kappa shape index (κ1) is 31.0. The van der Waals surface area contributed by atoms with Gasteiger partial charge in [-0.25, -0.2) is 4.79 Å². The van der Waals surface area contributed by atoms with Crippen LogP contribution in [0.1, 0.15) is 56.3 Å². The van der Waals surface area contributed by atoms with E-state index < -0.39 is 24.2 Å². The Balaban J connectivity index is 1.54. The van der Waals surface area contributed by atoms with Gasteiger partial charge in [-0.05, 0) is 55.8 Å². The second kappa shape index (κ2) is 14.3. The molecule has 0 aromatic heterocycles. The number of aryl methyl sites for hydroxylation is 1. The summed E-state index contributed by atoms with van der Waals surface area (Å²) in [6, 6.07) is 15.0. The molecule has 4 unspecified atom stereocenters. The predicted molar refractivity (Wildman–Crippen MR) is 159 cm³/mol. The molecule has 0 bridgehead atoms. The number of carbonyl (C=O) groups excluding carboxylic acids is 4. The number of benzene rings is 2. The van der Waals surface area contributed by atoms with Gasteiger partial charge in [0.15, 0.2) is 0 Å². The highest BCUT2D eigenvalue weighted by atomic mass is 16.6. The Morgan fingerprint density at radius 1 is 0.976 bits per heavy atom. The van der Waals surface area contributed by atoms with E-state index in [9.17, 15) is 19.2 Å². The molecule has 1 saturated heterocycles. The van der Waals surface area contributed by atoms with Crippen LogP contribution in [-0.4, -0.2) is 78.4 Å². The van der Waals surface area contributed by atoms with E-state index in [4.69, 9.17) is 4.74 Å². The largest absolute Gasteiger partial charge is 0.445 e. The van der Waals surface area contributed by atoms with Gasteiger partial charge in [-0.15, -0.1) is 0 Å². The van der Waals surface area contributed by atoms with Gasteiger partial charge < -0.3 is 30.5 Å². The number of hydrogen-bond donors (Lipinski definition) is 3. The lowest BCUT2D eigenvalue weighted by Gasteiger charge is -2.42. The molecule has 1 aliphatic heterocycles. The molecule has 4 amide bonds. The van der Waals surface area contributed by atoms with Crippen LogP contribution in [0.2, 0.25) is 0 Å². The van der Waals surface area contributed by atoms with Gasteiger partial charge in [-0.2, -0.15) is 0 Å². The predicted octanol–water partition coefficient (Wildman–Crippen LogP) is 2.78. The maximum Gasteiger partial charge on any atom is 0.410 e. The van der Waals surface area contributed by atoms with Gasteiger partial charge in [0.1, 0.15) is 18.7 Å². The highest BCUT2D eigenvalue weighted by molar-refractivity contribution is 5.94. The molecule has 1 heterocycles. The van der Waals surface area contributed by atoms with Crippen molar-refractivity contribution >= 4 is 23.8 Å². The lowest BCUT2D eigenvalue weighted by Crippen LogP contribution is -2.65. The number of piperazine rings is 1. The molecule has 10 nitrogen and oxygen atoms in total. The van der Waals surface area contributed by atoms with E-state index in [0.717, 1.165) is 30.4 Å². The first-order valence-corrected chi connectivity index (χ1v) is 14.8. The van der Waals surface area contributed by atoms with E-state index in [0.29, 0.717) is 0 Å². The molecule has 2 aliphatic rings. The Labute approximate surface area is 248 Å². The maximum absolute atomic E-state index is 14.0. The summed E-state index contributed by atoms with van der Waals surface area (Å²) in [4.78, 5) is 56.7. The van der Waals surface area contributed by atoms with Crippen LogP contribution in [0.5, 0.6) is 0 Å². The average Bonchev–Trinajstić information content (AvgIpc) is 3.01. The number of nitrogens with one attached hydrogen (secondary N) is 3. The van der Waals surface area contributed by atoms with Gasteiger partial charge in [0.25, 0.3) is 0 Å². The van der Waals surface area contributed by atoms with Crippen LogP contribution in [-0.2, 0) is 32.1 Å². The molecule has 1 fully saturated rings. The summed E-state index contributed by atoms with van der Waals surface area (Å²) in [7, 11) is 1.68. The fourth-order valence-corrected chi connectivity index (χ4v) is 5.52. The van der Waals surface area contributed by atoms with Crippen LogP contribution in [0.3, 0.4) is 0 Å². The zero-order valence-corrected chi connectivity index (χ0v) is 25.0. The Morgan fingerprint density at radius 3 is 2.40 bits per heavy atom. The topological polar surface area (TPSA) is 120 Å². The van der Waals surface area contributed by atoms with Crippen LogP contribution < -0.4 is 16.0 Å². The molecule has 1 aliphatic carbocycles. The minimum absolute atomic E-state index is 0.00869. The van der Waals surface area contributed by atoms with Gasteiger partial charge in [-0.3, -0.25) is 14.4 Å². The summed E-state index contributed by atoms with van der Waals surface area (Å²) < 4.78 is 5.55. The van der Waals surface area contributed by atoms with Crippen molar-refractivity contribution < 1.29 is 23.9 Å². The SMILES string of the molecule is CNC(C)C(=O)NC(C(=O)N1CCN(C(=O)OCc2ccccc2)CC1C(=O)NC1CCCc2ccccc21)C(C)C. The van der Waals surface area contributed by atoms with E-state index in [1.54, 1.807) is 14.0 Å². The van der Waals surface area contributed by atoms with Gasteiger partial charge in [-0.1, -0.05) is 68.4 Å². The van der Waals surface area contributed by atoms with Crippen LogP contribution in [0.25, 0.3) is 0 Å². The first-order chi connectivity index (χ1) is 20.2. The number of hydrogen-bond acceptors (Lipinski definition) is 6. The zero-order chi connectivity index (χ0) is 30.2. The van der Waals surface area contributed by atoms with E-state index >= 15 is 0 Å². The molecule has 2 aromatic rings. The highest BCUT2D eigenvalue weighted by Crippen LogP contribution is 2.30. The molecule has 4 rings (SSSR count). The molecule has 42 heavy (non-hydrogen) atoms. The number of nitrogens with zero attached hydrogens (tertiary/aromatic N) is 2. The number of carbonyl (C=O) groups is 4. The van der Waals surface area contributed by atoms with Crippen molar-refractivity contribution in [1.82, 2.24) is 25.8 Å². The van der Waals surface area contributed by atoms with Crippen LogP contribution in [0.15, 0.2) is 54.6 Å². The second-order valence-corrected chi connectivity index (χ2v) is 11.4. The molecule has 0 spiro atoms. The van der Waals surface area contributed by atoms with Crippen molar-refractivity contribution in [1.29, 1.82) is 0 Å². The fraction of sp³-hybridized carbons (Fsp3) is 0.500. The first-order valence-electron chi connectivity index (χ1n) is 14.8. The van der Waals surface area contributed by atoms with Gasteiger partial charge in [0.05, 0.1) is 18.6 Å². The summed E-state index contributed by atoms with van der Waals surface area (Å²) in [5.41, 5.74) is 3.15. The van der Waals surface area contributed by atoms with E-state index in [-0.39, 0.29) is 55.9 Å². The average molecular weight is 578 g/mol. The Morgan fingerprint density at radius 2 is 1.69 bits per heavy atom. The smallest absolute Gasteiger partial charge is 0.410 e. The molecule has 0 radical (unpaired) electrons. The van der Waals surface area contributed by atoms with Gasteiger partial charge in [0.2, 0.25) is 17.7 Å². The highest BCUT2D eigenvalue weighted by Gasteiger charge is 2.41. The number of fused-ring (bicyclic) bond motifs is 1. The van der Waals surface area contributed by atoms with Gasteiger partial charge in [0, 0.05) is 13.1 Å². The Kier molecular flexibility index (Phi) is 10.6. The van der Waals surface area contributed by atoms with Gasteiger partial charge >= 0.3 is 6.09 Å². The van der Waals surface area contributed by atoms with Crippen molar-refractivity contribution in [3.63, 3.8) is 0 Å². The molecular weight excluding hydrogens is 534 g/mol. The van der Waals surface area contributed by atoms with Crippen molar-refractivity contribution in [3.05, 3.63) is 71.3 Å². The van der Waals surface area contributed by atoms with Crippen molar-refractivity contribution in [3.8, 4) is 0 Å². The summed E-state index contributed by atoms with van der Waals surface area (Å²) >= 11 is 0. The summed E-state index contributed by atoms with van der Waals surface area (Å²) in [6.45, 7) is 5.89. The quantitative estimate of drug-likeness (QED) is 0.422. The third-order valence-corrected chi connectivity index (χ3v) is 8.17. The monoisotopic (exact) mass is 577 g/mol. The van der Waals surface area contributed by atoms with Crippen LogP contribution in [0, 0.1) is 5.92 Å². The molecule has 10 heteroatoms. The molecule has 0 saturated carbocycles. The number of rotatable bonds is 9. The van der Waals surface area contributed by atoms with E-state index in [1.807, 2.05) is 62.4 Å². The van der Waals surface area contributed by atoms with E-state index in [1.165, 1.54) is 15.4 Å². The van der Waals surface area contributed by atoms with E-state index in [2.05, 4.69) is 22.0 Å². The number of ether oxygens (including phenoxy) is 1. The third kappa shape index (κ3) is 7.47. The fourth-order valence-electron chi connectivity index (χ4n) is 5.52. The standard InChI is InChI=1S/C32H43N5O5/c1-21(2)28(35-29(38)22(3)33-4)31(40)37-18-17-36(32(41)42-20-23-11-6-5-7-12-23)19-27(37)30(39)34-26-16-10-14-24-13-8-9-15-25(24)26/h5-9,11-13,15,21-22,26-28,33H,10,14,16-20H2,1-4H3,(H,34,39)(H,35,38). The van der Waals surface area contributed by atoms with Crippen LogP contribution in [0.4, 0.5) is 4.79 Å². The number of likely N-dealkylation sites (N-methyl/N-ethyl adjacent to an activating group) is 1. The zero-order valence-electron chi connectivity index (χ0n) is 25.0. The molecule has 4 atom stereocenters. The maximum atomic E-state index is 14.0. The van der Waals surface area contributed by atoms with Crippen molar-refractivity contribution in [2.75, 3.05) is 26.7 Å².